The van der Waals surface area contributed by atoms with E-state index in [9.17, 15) is 14.9 Å². The number of hydrogen-bond donors (Lipinski definition) is 1. The second-order valence-corrected chi connectivity index (χ2v) is 6.22. The van der Waals surface area contributed by atoms with Crippen molar-refractivity contribution in [3.8, 4) is 0 Å². The minimum Gasteiger partial charge on any atom is -0.370 e. The summed E-state index contributed by atoms with van der Waals surface area (Å²) in [6, 6.07) is 14.1. The average molecular weight is 339 g/mol. The van der Waals surface area contributed by atoms with E-state index in [0.717, 1.165) is 37.2 Å². The predicted octanol–water partition coefficient (Wildman–Crippen LogP) is 3.77. The highest BCUT2D eigenvalue weighted by atomic mass is 16.6. The van der Waals surface area contributed by atoms with Gasteiger partial charge in [-0.3, -0.25) is 14.9 Å². The molecule has 0 unspecified atom stereocenters. The van der Waals surface area contributed by atoms with Crippen molar-refractivity contribution < 1.29 is 9.72 Å². The highest BCUT2D eigenvalue weighted by Crippen LogP contribution is 2.32. The standard InChI is InChI=1S/C19H21N3O3/c23-19(13-15-7-3-1-4-8-15)20-17-14-16(22(24)25)9-10-18(17)21-11-5-2-6-12-21/h1,3-4,7-10,14H,2,5-6,11-13H2,(H,20,23). The quantitative estimate of drug-likeness (QED) is 0.665. The van der Waals surface area contributed by atoms with E-state index < -0.39 is 4.92 Å². The van der Waals surface area contributed by atoms with Gasteiger partial charge in [-0.2, -0.15) is 0 Å². The zero-order valence-electron chi connectivity index (χ0n) is 14.0. The first-order valence-corrected chi connectivity index (χ1v) is 8.50. The molecule has 1 N–H and O–H groups in total. The second kappa shape index (κ2) is 7.79. The Morgan fingerprint density at radius 3 is 2.48 bits per heavy atom. The van der Waals surface area contributed by atoms with E-state index in [-0.39, 0.29) is 18.0 Å². The molecule has 1 amide bonds. The lowest BCUT2D eigenvalue weighted by atomic mass is 10.1. The maximum atomic E-state index is 12.4. The number of rotatable bonds is 5. The van der Waals surface area contributed by atoms with Gasteiger partial charge in [-0.15, -0.1) is 0 Å². The number of non-ortho nitro benzene ring substituents is 1. The Bertz CT molecular complexity index is 756. The van der Waals surface area contributed by atoms with E-state index in [0.29, 0.717) is 5.69 Å². The maximum Gasteiger partial charge on any atom is 0.271 e. The van der Waals surface area contributed by atoms with E-state index in [1.807, 2.05) is 30.3 Å². The highest BCUT2D eigenvalue weighted by molar-refractivity contribution is 5.96. The topological polar surface area (TPSA) is 75.5 Å². The Morgan fingerprint density at radius 2 is 1.80 bits per heavy atom. The van der Waals surface area contributed by atoms with Crippen LogP contribution < -0.4 is 10.2 Å². The van der Waals surface area contributed by atoms with Gasteiger partial charge >= 0.3 is 0 Å². The van der Waals surface area contributed by atoms with Crippen molar-refractivity contribution in [1.29, 1.82) is 0 Å². The summed E-state index contributed by atoms with van der Waals surface area (Å²) in [5.74, 6) is -0.176. The van der Waals surface area contributed by atoms with Gasteiger partial charge in [0.15, 0.2) is 0 Å². The number of amides is 1. The summed E-state index contributed by atoms with van der Waals surface area (Å²) in [6.45, 7) is 1.80. The molecule has 0 bridgehead atoms. The van der Waals surface area contributed by atoms with Crippen molar-refractivity contribution >= 4 is 23.0 Å². The van der Waals surface area contributed by atoms with Crippen LogP contribution in [0.4, 0.5) is 17.1 Å². The molecule has 1 heterocycles. The third kappa shape index (κ3) is 4.35. The van der Waals surface area contributed by atoms with Crippen molar-refractivity contribution in [3.63, 3.8) is 0 Å². The fourth-order valence-electron chi connectivity index (χ4n) is 3.12. The van der Waals surface area contributed by atoms with Crippen molar-refractivity contribution in [1.82, 2.24) is 0 Å². The molecule has 3 rings (SSSR count). The first-order chi connectivity index (χ1) is 12.1. The van der Waals surface area contributed by atoms with E-state index >= 15 is 0 Å². The first-order valence-electron chi connectivity index (χ1n) is 8.50. The van der Waals surface area contributed by atoms with Gasteiger partial charge in [-0.05, 0) is 30.9 Å². The van der Waals surface area contributed by atoms with Crippen LogP contribution in [0.25, 0.3) is 0 Å². The summed E-state index contributed by atoms with van der Waals surface area (Å²) in [5, 5.41) is 14.0. The molecule has 2 aromatic carbocycles. The smallest absolute Gasteiger partial charge is 0.271 e. The van der Waals surface area contributed by atoms with Crippen LogP contribution in [0.3, 0.4) is 0 Å². The van der Waals surface area contributed by atoms with Crippen LogP contribution >= 0.6 is 0 Å². The lowest BCUT2D eigenvalue weighted by molar-refractivity contribution is -0.384. The van der Waals surface area contributed by atoms with Crippen molar-refractivity contribution in [2.75, 3.05) is 23.3 Å². The van der Waals surface area contributed by atoms with Crippen LogP contribution in [0.1, 0.15) is 24.8 Å². The van der Waals surface area contributed by atoms with Crippen molar-refractivity contribution in [3.05, 3.63) is 64.2 Å². The molecular weight excluding hydrogens is 318 g/mol. The fourth-order valence-corrected chi connectivity index (χ4v) is 3.12. The summed E-state index contributed by atoms with van der Waals surface area (Å²) in [7, 11) is 0. The average Bonchev–Trinajstić information content (AvgIpc) is 2.63. The van der Waals surface area contributed by atoms with E-state index in [4.69, 9.17) is 0 Å². The number of nitro groups is 1. The normalized spacial score (nSPS) is 14.2. The minimum absolute atomic E-state index is 0.0178. The molecule has 0 aromatic heterocycles. The van der Waals surface area contributed by atoms with Gasteiger partial charge in [0.05, 0.1) is 22.7 Å². The van der Waals surface area contributed by atoms with Crippen LogP contribution in [0.5, 0.6) is 0 Å². The number of nitro benzene ring substituents is 1. The molecule has 6 heteroatoms. The van der Waals surface area contributed by atoms with Gasteiger partial charge < -0.3 is 10.2 Å². The Hall–Kier alpha value is -2.89. The minimum atomic E-state index is -0.438. The Balaban J connectivity index is 1.82. The van der Waals surface area contributed by atoms with E-state index in [1.165, 1.54) is 18.6 Å². The predicted molar refractivity (Wildman–Crippen MR) is 97.9 cm³/mol. The van der Waals surface area contributed by atoms with Gasteiger partial charge in [0.25, 0.3) is 5.69 Å². The number of piperidine rings is 1. The molecule has 0 radical (unpaired) electrons. The second-order valence-electron chi connectivity index (χ2n) is 6.22. The number of benzene rings is 2. The molecule has 0 saturated carbocycles. The molecule has 130 valence electrons. The molecule has 25 heavy (non-hydrogen) atoms. The SMILES string of the molecule is O=C(Cc1ccccc1)Nc1cc([N+](=O)[O-])ccc1N1CCCCC1. The number of nitrogens with one attached hydrogen (secondary N) is 1. The zero-order valence-corrected chi connectivity index (χ0v) is 14.0. The third-order valence-corrected chi connectivity index (χ3v) is 4.37. The van der Waals surface area contributed by atoms with Crippen LogP contribution in [0.15, 0.2) is 48.5 Å². The van der Waals surface area contributed by atoms with Gasteiger partial charge in [0.2, 0.25) is 5.91 Å². The Labute approximate surface area is 146 Å². The molecule has 2 aromatic rings. The van der Waals surface area contributed by atoms with Gasteiger partial charge in [-0.25, -0.2) is 0 Å². The molecule has 0 atom stereocenters. The summed E-state index contributed by atoms with van der Waals surface area (Å²) in [4.78, 5) is 25.2. The van der Waals surface area contributed by atoms with Crippen LogP contribution in [0, 0.1) is 10.1 Å². The molecule has 6 nitrogen and oxygen atoms in total. The maximum absolute atomic E-state index is 12.4. The monoisotopic (exact) mass is 339 g/mol. The van der Waals surface area contributed by atoms with Crippen molar-refractivity contribution in [2.24, 2.45) is 0 Å². The van der Waals surface area contributed by atoms with Crippen LogP contribution in [-0.4, -0.2) is 23.9 Å². The number of carbonyl (C=O) groups is 1. The molecular formula is C19H21N3O3. The largest absolute Gasteiger partial charge is 0.370 e. The number of carbonyl (C=O) groups excluding carboxylic acids is 1. The summed E-state index contributed by atoms with van der Waals surface area (Å²) in [6.07, 6.45) is 3.62. The number of anilines is 2. The van der Waals surface area contributed by atoms with Crippen LogP contribution in [-0.2, 0) is 11.2 Å². The Kier molecular flexibility index (Phi) is 5.28. The third-order valence-electron chi connectivity index (χ3n) is 4.37. The van der Waals surface area contributed by atoms with E-state index in [2.05, 4.69) is 10.2 Å². The molecule has 1 aliphatic rings. The first kappa shape index (κ1) is 17.0. The lowest BCUT2D eigenvalue weighted by Crippen LogP contribution is -2.30. The lowest BCUT2D eigenvalue weighted by Gasteiger charge is -2.30. The molecule has 1 saturated heterocycles. The summed E-state index contributed by atoms with van der Waals surface area (Å²) in [5.41, 5.74) is 2.25. The van der Waals surface area contributed by atoms with E-state index in [1.54, 1.807) is 6.07 Å². The zero-order chi connectivity index (χ0) is 17.6. The number of nitrogens with zero attached hydrogens (tertiary/aromatic N) is 2. The van der Waals surface area contributed by atoms with Crippen molar-refractivity contribution in [2.45, 2.75) is 25.7 Å². The highest BCUT2D eigenvalue weighted by Gasteiger charge is 2.19. The molecule has 1 aliphatic heterocycles. The molecule has 0 spiro atoms. The molecule has 0 aliphatic carbocycles. The Morgan fingerprint density at radius 1 is 1.08 bits per heavy atom. The summed E-state index contributed by atoms with van der Waals surface area (Å²) < 4.78 is 0. The summed E-state index contributed by atoms with van der Waals surface area (Å²) >= 11 is 0. The van der Waals surface area contributed by atoms with Gasteiger partial charge in [0, 0.05) is 25.2 Å². The number of hydrogen-bond acceptors (Lipinski definition) is 4. The molecule has 1 fully saturated rings. The van der Waals surface area contributed by atoms with Gasteiger partial charge in [0.1, 0.15) is 0 Å². The van der Waals surface area contributed by atoms with Gasteiger partial charge in [-0.1, -0.05) is 30.3 Å². The fraction of sp³-hybridized carbons (Fsp3) is 0.316. The van der Waals surface area contributed by atoms with Crippen LogP contribution in [0.2, 0.25) is 0 Å².